The third-order valence-corrected chi connectivity index (χ3v) is 3.85. The highest BCUT2D eigenvalue weighted by Crippen LogP contribution is 2.35. The molecule has 1 amide bonds. The Balaban J connectivity index is 1.69. The summed E-state index contributed by atoms with van der Waals surface area (Å²) in [7, 11) is 0. The summed E-state index contributed by atoms with van der Waals surface area (Å²) in [6.07, 6.45) is 2.34. The van der Waals surface area contributed by atoms with Crippen LogP contribution >= 0.6 is 0 Å². The number of aromatic nitrogens is 2. The van der Waals surface area contributed by atoms with E-state index in [1.165, 1.54) is 10.9 Å². The van der Waals surface area contributed by atoms with Crippen molar-refractivity contribution in [1.82, 2.24) is 14.9 Å². The van der Waals surface area contributed by atoms with Crippen molar-refractivity contribution >= 4 is 22.8 Å². The molecule has 1 aliphatic carbocycles. The van der Waals surface area contributed by atoms with E-state index >= 15 is 0 Å². The van der Waals surface area contributed by atoms with Gasteiger partial charge in [0.15, 0.2) is 0 Å². The van der Waals surface area contributed by atoms with Crippen LogP contribution in [0.2, 0.25) is 0 Å². The Bertz CT molecular complexity index is 808. The Labute approximate surface area is 125 Å². The van der Waals surface area contributed by atoms with Crippen molar-refractivity contribution in [2.24, 2.45) is 0 Å². The van der Waals surface area contributed by atoms with E-state index in [1.54, 1.807) is 24.3 Å². The molecule has 0 aliphatic heterocycles. The van der Waals surface area contributed by atoms with E-state index in [1.807, 2.05) is 0 Å². The minimum absolute atomic E-state index is 0.0367. The number of carbonyl (C=O) groups is 2. The molecule has 1 aromatic carbocycles. The van der Waals surface area contributed by atoms with Gasteiger partial charge in [-0.1, -0.05) is 12.1 Å². The van der Waals surface area contributed by atoms with Gasteiger partial charge in [0.2, 0.25) is 5.91 Å². The minimum atomic E-state index is -1.09. The highest BCUT2D eigenvalue weighted by Gasteiger charge is 2.51. The van der Waals surface area contributed by atoms with Gasteiger partial charge in [0.1, 0.15) is 5.54 Å². The van der Waals surface area contributed by atoms with Crippen molar-refractivity contribution in [1.29, 1.82) is 0 Å². The van der Waals surface area contributed by atoms with E-state index in [4.69, 9.17) is 5.11 Å². The molecule has 1 heterocycles. The van der Waals surface area contributed by atoms with E-state index in [2.05, 4.69) is 10.3 Å². The number of carboxylic acids is 1. The van der Waals surface area contributed by atoms with Gasteiger partial charge in [0.25, 0.3) is 5.56 Å². The van der Waals surface area contributed by atoms with Crippen molar-refractivity contribution < 1.29 is 14.7 Å². The van der Waals surface area contributed by atoms with E-state index in [0.29, 0.717) is 23.7 Å². The predicted molar refractivity (Wildman–Crippen MR) is 78.4 cm³/mol. The molecule has 0 saturated heterocycles. The Morgan fingerprint density at radius 3 is 2.73 bits per heavy atom. The standard InChI is InChI=1S/C15H15N3O4/c19-12(17-15(6-7-15)14(21)22)5-8-18-9-16-11-4-2-1-3-10(11)13(18)20/h1-4,9H,5-8H2,(H,17,19)(H,21,22). The van der Waals surface area contributed by atoms with Gasteiger partial charge in [-0.3, -0.25) is 14.2 Å². The molecular weight excluding hydrogens is 286 g/mol. The molecule has 3 rings (SSSR count). The molecule has 2 aromatic rings. The van der Waals surface area contributed by atoms with Crippen LogP contribution in [0.25, 0.3) is 10.9 Å². The molecule has 1 fully saturated rings. The first kappa shape index (κ1) is 14.2. The Kier molecular flexibility index (Phi) is 3.40. The molecule has 0 atom stereocenters. The number of nitrogens with zero attached hydrogens (tertiary/aromatic N) is 2. The zero-order valence-electron chi connectivity index (χ0n) is 11.8. The lowest BCUT2D eigenvalue weighted by Crippen LogP contribution is -2.43. The molecule has 2 N–H and O–H groups in total. The summed E-state index contributed by atoms with van der Waals surface area (Å²) in [6, 6.07) is 6.99. The quantitative estimate of drug-likeness (QED) is 0.838. The van der Waals surface area contributed by atoms with Crippen molar-refractivity contribution in [3.8, 4) is 0 Å². The van der Waals surface area contributed by atoms with Crippen LogP contribution in [0.15, 0.2) is 35.4 Å². The average Bonchev–Trinajstić information content (AvgIpc) is 3.28. The topological polar surface area (TPSA) is 101 Å². The molecule has 22 heavy (non-hydrogen) atoms. The van der Waals surface area contributed by atoms with E-state index in [0.717, 1.165) is 0 Å². The maximum Gasteiger partial charge on any atom is 0.329 e. The van der Waals surface area contributed by atoms with Gasteiger partial charge in [0, 0.05) is 13.0 Å². The summed E-state index contributed by atoms with van der Waals surface area (Å²) < 4.78 is 1.36. The summed E-state index contributed by atoms with van der Waals surface area (Å²) in [6.45, 7) is 0.165. The predicted octanol–water partition coefficient (Wildman–Crippen LogP) is 0.520. The second-order valence-electron chi connectivity index (χ2n) is 5.45. The average molecular weight is 301 g/mol. The first-order valence-corrected chi connectivity index (χ1v) is 7.00. The van der Waals surface area contributed by atoms with Crippen LogP contribution in [0, 0.1) is 0 Å². The third kappa shape index (κ3) is 2.57. The van der Waals surface area contributed by atoms with Crippen molar-refractivity contribution in [3.63, 3.8) is 0 Å². The van der Waals surface area contributed by atoms with Gasteiger partial charge in [-0.25, -0.2) is 9.78 Å². The normalized spacial score (nSPS) is 15.5. The van der Waals surface area contributed by atoms with Gasteiger partial charge in [-0.15, -0.1) is 0 Å². The lowest BCUT2D eigenvalue weighted by molar-refractivity contribution is -0.143. The SMILES string of the molecule is O=C(CCn1cnc2ccccc2c1=O)NC1(C(=O)O)CC1. The maximum absolute atomic E-state index is 12.2. The highest BCUT2D eigenvalue weighted by atomic mass is 16.4. The number of aliphatic carboxylic acids is 1. The summed E-state index contributed by atoms with van der Waals surface area (Å²) in [5, 5.41) is 12.0. The second kappa shape index (κ2) is 5.25. The van der Waals surface area contributed by atoms with Crippen molar-refractivity contribution in [3.05, 3.63) is 40.9 Å². The summed E-state index contributed by atoms with van der Waals surface area (Å²) in [5.41, 5.74) is -0.697. The summed E-state index contributed by atoms with van der Waals surface area (Å²) >= 11 is 0. The number of carboxylic acid groups (broad SMARTS) is 1. The number of amides is 1. The molecule has 7 heteroatoms. The van der Waals surface area contributed by atoms with Gasteiger partial charge in [0.05, 0.1) is 17.2 Å². The number of aryl methyl sites for hydroxylation is 1. The first-order chi connectivity index (χ1) is 10.5. The van der Waals surface area contributed by atoms with Gasteiger partial charge >= 0.3 is 5.97 Å². The summed E-state index contributed by atoms with van der Waals surface area (Å²) in [5.74, 6) is -1.38. The smallest absolute Gasteiger partial charge is 0.329 e. The number of hydrogen-bond donors (Lipinski definition) is 2. The van der Waals surface area contributed by atoms with Gasteiger partial charge < -0.3 is 10.4 Å². The summed E-state index contributed by atoms with van der Waals surface area (Å²) in [4.78, 5) is 39.3. The number of benzene rings is 1. The van der Waals surface area contributed by atoms with Crippen molar-refractivity contribution in [2.45, 2.75) is 31.3 Å². The lowest BCUT2D eigenvalue weighted by Gasteiger charge is -2.12. The number of carbonyl (C=O) groups excluding carboxylic acids is 1. The van der Waals surface area contributed by atoms with Crippen LogP contribution in [-0.4, -0.2) is 32.1 Å². The number of fused-ring (bicyclic) bond motifs is 1. The Morgan fingerprint density at radius 2 is 2.05 bits per heavy atom. The highest BCUT2D eigenvalue weighted by molar-refractivity contribution is 5.89. The maximum atomic E-state index is 12.2. The Morgan fingerprint density at radius 1 is 1.32 bits per heavy atom. The minimum Gasteiger partial charge on any atom is -0.480 e. The number of rotatable bonds is 5. The van der Waals surface area contributed by atoms with Crippen molar-refractivity contribution in [2.75, 3.05) is 0 Å². The number of nitrogens with one attached hydrogen (secondary N) is 1. The molecule has 0 unspecified atom stereocenters. The number of hydrogen-bond acceptors (Lipinski definition) is 4. The molecule has 1 aliphatic rings. The molecule has 1 saturated carbocycles. The van der Waals surface area contributed by atoms with Crippen LogP contribution in [-0.2, 0) is 16.1 Å². The zero-order chi connectivity index (χ0) is 15.7. The van der Waals surface area contributed by atoms with Crippen LogP contribution in [0.3, 0.4) is 0 Å². The fraction of sp³-hybridized carbons (Fsp3) is 0.333. The van der Waals surface area contributed by atoms with Crippen LogP contribution in [0.5, 0.6) is 0 Å². The fourth-order valence-electron chi connectivity index (χ4n) is 2.33. The monoisotopic (exact) mass is 301 g/mol. The van der Waals surface area contributed by atoms with E-state index < -0.39 is 11.5 Å². The second-order valence-corrected chi connectivity index (χ2v) is 5.45. The van der Waals surface area contributed by atoms with E-state index in [-0.39, 0.29) is 24.4 Å². The van der Waals surface area contributed by atoms with Crippen LogP contribution < -0.4 is 10.9 Å². The van der Waals surface area contributed by atoms with Crippen LogP contribution in [0.4, 0.5) is 0 Å². The third-order valence-electron chi connectivity index (χ3n) is 3.85. The van der Waals surface area contributed by atoms with E-state index in [9.17, 15) is 14.4 Å². The van der Waals surface area contributed by atoms with Gasteiger partial charge in [-0.2, -0.15) is 0 Å². The van der Waals surface area contributed by atoms with Gasteiger partial charge in [-0.05, 0) is 25.0 Å². The molecule has 0 bridgehead atoms. The zero-order valence-corrected chi connectivity index (χ0v) is 11.8. The Hall–Kier alpha value is -2.70. The fourth-order valence-corrected chi connectivity index (χ4v) is 2.33. The largest absolute Gasteiger partial charge is 0.480 e. The van der Waals surface area contributed by atoms with Crippen LogP contribution in [0.1, 0.15) is 19.3 Å². The molecule has 1 aromatic heterocycles. The molecule has 7 nitrogen and oxygen atoms in total. The lowest BCUT2D eigenvalue weighted by atomic mass is 10.2. The molecule has 0 radical (unpaired) electrons. The molecule has 0 spiro atoms. The first-order valence-electron chi connectivity index (χ1n) is 7.00. The molecule has 114 valence electrons. The number of para-hydroxylation sites is 1. The molecular formula is C15H15N3O4.